The average Bonchev–Trinajstić information content (AvgIpc) is 2.75. The van der Waals surface area contributed by atoms with Gasteiger partial charge in [0.2, 0.25) is 0 Å². The minimum atomic E-state index is -0.134. The van der Waals surface area contributed by atoms with Gasteiger partial charge in [0.15, 0.2) is 5.16 Å². The summed E-state index contributed by atoms with van der Waals surface area (Å²) < 4.78 is 1.51. The fourth-order valence-electron chi connectivity index (χ4n) is 3.37. The van der Waals surface area contributed by atoms with Crippen molar-refractivity contribution < 1.29 is 0 Å². The molecule has 6 heteroatoms. The highest BCUT2D eigenvalue weighted by molar-refractivity contribution is 7.99. The molecule has 1 atom stereocenters. The molecule has 30 heavy (non-hydrogen) atoms. The lowest BCUT2D eigenvalue weighted by atomic mass is 9.95. The van der Waals surface area contributed by atoms with Crippen LogP contribution in [0.1, 0.15) is 55.2 Å². The number of H-pyrrole nitrogens is 1. The number of thioether (sulfide) groups is 1. The zero-order valence-electron chi connectivity index (χ0n) is 17.6. The minimum Gasteiger partial charge on any atom is -0.319 e. The molecule has 0 radical (unpaired) electrons. The highest BCUT2D eigenvalue weighted by Crippen LogP contribution is 2.22. The van der Waals surface area contributed by atoms with Gasteiger partial charge in [0, 0.05) is 43.2 Å². The van der Waals surface area contributed by atoms with Crippen molar-refractivity contribution in [2.24, 2.45) is 7.05 Å². The zero-order chi connectivity index (χ0) is 21.3. The van der Waals surface area contributed by atoms with E-state index in [4.69, 9.17) is 0 Å². The lowest BCUT2D eigenvalue weighted by Gasteiger charge is -2.11. The van der Waals surface area contributed by atoms with E-state index in [9.17, 15) is 9.59 Å². The first kappa shape index (κ1) is 22.1. The maximum Gasteiger partial charge on any atom is 0.255 e. The molecule has 1 N–H and O–H groups in total. The molecule has 1 unspecified atom stereocenters. The topological polar surface area (TPSA) is 67.8 Å². The van der Waals surface area contributed by atoms with Crippen LogP contribution in [0.2, 0.25) is 0 Å². The van der Waals surface area contributed by atoms with Crippen LogP contribution in [0.15, 0.2) is 69.6 Å². The van der Waals surface area contributed by atoms with Crippen molar-refractivity contribution in [2.75, 3.05) is 5.75 Å². The van der Waals surface area contributed by atoms with E-state index in [1.165, 1.54) is 29.4 Å². The van der Waals surface area contributed by atoms with Crippen LogP contribution in [0, 0.1) is 0 Å². The Kier molecular flexibility index (Phi) is 8.08. The standard InChI is InChI=1S/C24H29N3O2S/c1-18(20-10-6-3-7-11-20)9-5-4-8-14-30-24-25-17-21(23(29)26-24)15-19-12-13-27(2)22(28)16-19/h3,6-7,10-13,16-18H,4-5,8-9,14-15H2,1-2H3,(H,25,26,29). The Morgan fingerprint density at radius 2 is 1.90 bits per heavy atom. The fourth-order valence-corrected chi connectivity index (χ4v) is 4.20. The molecule has 0 bridgehead atoms. The molecule has 0 spiro atoms. The number of aromatic nitrogens is 3. The summed E-state index contributed by atoms with van der Waals surface area (Å²) in [6, 6.07) is 14.1. The number of nitrogens with one attached hydrogen (secondary N) is 1. The maximum absolute atomic E-state index is 12.3. The van der Waals surface area contributed by atoms with Crippen LogP contribution >= 0.6 is 11.8 Å². The van der Waals surface area contributed by atoms with Crippen LogP contribution < -0.4 is 11.1 Å². The summed E-state index contributed by atoms with van der Waals surface area (Å²) in [5.41, 5.74) is 2.58. The first-order valence-corrected chi connectivity index (χ1v) is 11.4. The second kappa shape index (κ2) is 11.0. The summed E-state index contributed by atoms with van der Waals surface area (Å²) in [4.78, 5) is 31.3. The van der Waals surface area contributed by atoms with Crippen LogP contribution in [-0.2, 0) is 13.5 Å². The summed E-state index contributed by atoms with van der Waals surface area (Å²) in [5.74, 6) is 1.53. The first-order chi connectivity index (χ1) is 14.5. The Morgan fingerprint density at radius 3 is 2.63 bits per heavy atom. The number of aryl methyl sites for hydroxylation is 1. The predicted molar refractivity (Wildman–Crippen MR) is 123 cm³/mol. The molecular formula is C24H29N3O2S. The van der Waals surface area contributed by atoms with Gasteiger partial charge in [-0.2, -0.15) is 0 Å². The molecule has 1 aromatic carbocycles. The molecule has 5 nitrogen and oxygen atoms in total. The van der Waals surface area contributed by atoms with E-state index in [1.807, 2.05) is 6.07 Å². The van der Waals surface area contributed by atoms with Crippen molar-refractivity contribution in [3.63, 3.8) is 0 Å². The van der Waals surface area contributed by atoms with E-state index in [-0.39, 0.29) is 11.1 Å². The van der Waals surface area contributed by atoms with E-state index in [0.29, 0.717) is 23.1 Å². The third kappa shape index (κ3) is 6.46. The second-order valence-corrected chi connectivity index (χ2v) is 8.80. The third-order valence-electron chi connectivity index (χ3n) is 5.30. The molecule has 0 amide bonds. The Labute approximate surface area is 181 Å². The molecule has 2 heterocycles. The number of hydrogen-bond acceptors (Lipinski definition) is 4. The lowest BCUT2D eigenvalue weighted by Crippen LogP contribution is -2.18. The van der Waals surface area contributed by atoms with Crippen LogP contribution in [0.5, 0.6) is 0 Å². The van der Waals surface area contributed by atoms with Crippen molar-refractivity contribution in [3.05, 3.63) is 92.3 Å². The molecule has 0 saturated heterocycles. The van der Waals surface area contributed by atoms with Crippen molar-refractivity contribution in [2.45, 2.75) is 50.1 Å². The van der Waals surface area contributed by atoms with Crippen LogP contribution in [-0.4, -0.2) is 20.3 Å². The molecule has 2 aromatic heterocycles. The Hall–Kier alpha value is -2.60. The highest BCUT2D eigenvalue weighted by Gasteiger charge is 2.07. The van der Waals surface area contributed by atoms with Gasteiger partial charge in [-0.25, -0.2) is 4.98 Å². The van der Waals surface area contributed by atoms with E-state index < -0.39 is 0 Å². The van der Waals surface area contributed by atoms with Crippen LogP contribution in [0.3, 0.4) is 0 Å². The Balaban J connectivity index is 1.41. The summed E-state index contributed by atoms with van der Waals surface area (Å²) in [5, 5.41) is 0.658. The molecular weight excluding hydrogens is 394 g/mol. The van der Waals surface area contributed by atoms with Gasteiger partial charge in [-0.1, -0.05) is 61.9 Å². The molecule has 0 fully saturated rings. The summed E-state index contributed by atoms with van der Waals surface area (Å²) in [6.45, 7) is 2.29. The molecule has 158 valence electrons. The monoisotopic (exact) mass is 423 g/mol. The quantitative estimate of drug-likeness (QED) is 0.296. The lowest BCUT2D eigenvalue weighted by molar-refractivity contribution is 0.600. The van der Waals surface area contributed by atoms with Crippen LogP contribution in [0.4, 0.5) is 0 Å². The number of rotatable bonds is 10. The van der Waals surface area contributed by atoms with E-state index in [2.05, 4.69) is 47.2 Å². The van der Waals surface area contributed by atoms with Crippen molar-refractivity contribution in [3.8, 4) is 0 Å². The molecule has 0 saturated carbocycles. The number of nitrogens with zero attached hydrogens (tertiary/aromatic N) is 2. The smallest absolute Gasteiger partial charge is 0.255 e. The number of unbranched alkanes of at least 4 members (excludes halogenated alkanes) is 2. The molecule has 0 aliphatic carbocycles. The van der Waals surface area contributed by atoms with E-state index in [0.717, 1.165) is 17.7 Å². The van der Waals surface area contributed by atoms with E-state index in [1.54, 1.807) is 37.3 Å². The van der Waals surface area contributed by atoms with Crippen molar-refractivity contribution in [1.82, 2.24) is 14.5 Å². The molecule has 0 aliphatic rings. The van der Waals surface area contributed by atoms with Gasteiger partial charge in [0.1, 0.15) is 0 Å². The van der Waals surface area contributed by atoms with Gasteiger partial charge in [0.25, 0.3) is 11.1 Å². The van der Waals surface area contributed by atoms with Gasteiger partial charge < -0.3 is 9.55 Å². The highest BCUT2D eigenvalue weighted by atomic mass is 32.2. The average molecular weight is 424 g/mol. The van der Waals surface area contributed by atoms with Crippen LogP contribution in [0.25, 0.3) is 0 Å². The Morgan fingerprint density at radius 1 is 1.10 bits per heavy atom. The first-order valence-electron chi connectivity index (χ1n) is 10.4. The second-order valence-electron chi connectivity index (χ2n) is 7.71. The molecule has 3 aromatic rings. The zero-order valence-corrected chi connectivity index (χ0v) is 18.5. The number of hydrogen-bond donors (Lipinski definition) is 1. The Bertz CT molecular complexity index is 1060. The third-order valence-corrected chi connectivity index (χ3v) is 6.28. The number of benzene rings is 1. The van der Waals surface area contributed by atoms with Gasteiger partial charge in [-0.05, 0) is 36.0 Å². The minimum absolute atomic E-state index is 0.0813. The van der Waals surface area contributed by atoms with Crippen molar-refractivity contribution >= 4 is 11.8 Å². The molecule has 0 aliphatic heterocycles. The largest absolute Gasteiger partial charge is 0.319 e. The SMILES string of the molecule is CC(CCCCCSc1ncc(Cc2ccn(C)c(=O)c2)c(=O)[nH]1)c1ccccc1. The normalized spacial score (nSPS) is 12.1. The summed E-state index contributed by atoms with van der Waals surface area (Å²) >= 11 is 1.59. The number of aromatic amines is 1. The maximum atomic E-state index is 12.3. The van der Waals surface area contributed by atoms with E-state index >= 15 is 0 Å². The summed E-state index contributed by atoms with van der Waals surface area (Å²) in [7, 11) is 1.70. The molecule has 3 rings (SSSR count). The van der Waals surface area contributed by atoms with Crippen molar-refractivity contribution in [1.29, 1.82) is 0 Å². The fraction of sp³-hybridized carbons (Fsp3) is 0.375. The predicted octanol–water partition coefficient (Wildman–Crippen LogP) is 4.52. The van der Waals surface area contributed by atoms with Gasteiger partial charge >= 0.3 is 0 Å². The number of pyridine rings is 1. The van der Waals surface area contributed by atoms with Gasteiger partial charge in [-0.3, -0.25) is 9.59 Å². The van der Waals surface area contributed by atoms with Gasteiger partial charge in [-0.15, -0.1) is 0 Å². The summed E-state index contributed by atoms with van der Waals surface area (Å²) in [6.07, 6.45) is 8.42. The van der Waals surface area contributed by atoms with Gasteiger partial charge in [0.05, 0.1) is 0 Å².